The third kappa shape index (κ3) is 2.24. The normalized spacial score (nSPS) is 12.2. The van der Waals surface area contributed by atoms with Crippen LogP contribution in [0.5, 0.6) is 5.88 Å². The quantitative estimate of drug-likeness (QED) is 0.392. The van der Waals surface area contributed by atoms with Crippen LogP contribution in [-0.4, -0.2) is 17.3 Å². The molecule has 0 bridgehead atoms. The van der Waals surface area contributed by atoms with Crippen LogP contribution in [0.15, 0.2) is 24.8 Å². The maximum absolute atomic E-state index is 5.27. The zero-order valence-electron chi connectivity index (χ0n) is 7.40. The molecular formula is C8H12N4O. The molecule has 0 aliphatic carbocycles. The number of ether oxygens (including phenoxy) is 1. The summed E-state index contributed by atoms with van der Waals surface area (Å²) in [5.41, 5.74) is 3.25. The lowest BCUT2D eigenvalue weighted by Gasteiger charge is -2.08. The van der Waals surface area contributed by atoms with E-state index in [9.17, 15) is 0 Å². The summed E-state index contributed by atoms with van der Waals surface area (Å²) in [7, 11) is 1.54. The summed E-state index contributed by atoms with van der Waals surface area (Å²) in [6, 6.07) is 3.31. The number of rotatable bonds is 4. The summed E-state index contributed by atoms with van der Waals surface area (Å²) in [4.78, 5) is 0. The highest BCUT2D eigenvalue weighted by Crippen LogP contribution is 2.11. The molecule has 5 heteroatoms. The predicted molar refractivity (Wildman–Crippen MR) is 48.8 cm³/mol. The molecule has 0 saturated heterocycles. The first-order chi connectivity index (χ1) is 6.31. The van der Waals surface area contributed by atoms with Crippen LogP contribution in [0.1, 0.15) is 11.7 Å². The first kappa shape index (κ1) is 9.63. The Kier molecular flexibility index (Phi) is 3.36. The molecule has 70 valence electrons. The second-order valence-electron chi connectivity index (χ2n) is 2.38. The van der Waals surface area contributed by atoms with Gasteiger partial charge in [0, 0.05) is 6.07 Å². The predicted octanol–water partition coefficient (Wildman–Crippen LogP) is 0.176. The minimum atomic E-state index is -0.182. The minimum Gasteiger partial charge on any atom is -0.480 e. The average Bonchev–Trinajstić information content (AvgIpc) is 2.21. The summed E-state index contributed by atoms with van der Waals surface area (Å²) in [6.45, 7) is 3.61. The van der Waals surface area contributed by atoms with E-state index in [-0.39, 0.29) is 6.04 Å². The first-order valence-electron chi connectivity index (χ1n) is 3.78. The molecule has 3 N–H and O–H groups in total. The van der Waals surface area contributed by atoms with Crippen LogP contribution in [0, 0.1) is 0 Å². The molecule has 0 fully saturated rings. The number of nitrogens with two attached hydrogens (primary N) is 1. The van der Waals surface area contributed by atoms with Gasteiger partial charge in [-0.1, -0.05) is 6.08 Å². The Balaban J connectivity index is 2.83. The van der Waals surface area contributed by atoms with Crippen molar-refractivity contribution in [2.45, 2.75) is 6.04 Å². The summed E-state index contributed by atoms with van der Waals surface area (Å²) >= 11 is 0. The number of nitrogens with zero attached hydrogens (tertiary/aromatic N) is 2. The van der Waals surface area contributed by atoms with Gasteiger partial charge >= 0.3 is 0 Å². The van der Waals surface area contributed by atoms with Crippen molar-refractivity contribution in [3.63, 3.8) is 0 Å². The van der Waals surface area contributed by atoms with Gasteiger partial charge in [-0.25, -0.2) is 5.43 Å². The van der Waals surface area contributed by atoms with Gasteiger partial charge in [-0.3, -0.25) is 5.84 Å². The maximum Gasteiger partial charge on any atom is 0.233 e. The lowest BCUT2D eigenvalue weighted by molar-refractivity contribution is 0.390. The largest absolute Gasteiger partial charge is 0.480 e. The number of aromatic nitrogens is 2. The van der Waals surface area contributed by atoms with E-state index in [0.717, 1.165) is 0 Å². The molecule has 5 nitrogen and oxygen atoms in total. The molecular weight excluding hydrogens is 168 g/mol. The molecule has 0 aromatic carbocycles. The molecule has 1 atom stereocenters. The Hall–Kier alpha value is -1.46. The fraction of sp³-hybridized carbons (Fsp3) is 0.250. The van der Waals surface area contributed by atoms with Gasteiger partial charge in [0.05, 0.1) is 18.8 Å². The van der Waals surface area contributed by atoms with Crippen molar-refractivity contribution in [3.05, 3.63) is 30.5 Å². The van der Waals surface area contributed by atoms with Crippen LogP contribution < -0.4 is 16.0 Å². The third-order valence-corrected chi connectivity index (χ3v) is 1.60. The van der Waals surface area contributed by atoms with Crippen LogP contribution in [-0.2, 0) is 0 Å². The van der Waals surface area contributed by atoms with Crippen LogP contribution in [0.2, 0.25) is 0 Å². The Labute approximate surface area is 76.6 Å². The number of hydrazine groups is 1. The van der Waals surface area contributed by atoms with E-state index in [4.69, 9.17) is 10.6 Å². The minimum absolute atomic E-state index is 0.182. The van der Waals surface area contributed by atoms with Gasteiger partial charge in [-0.05, 0) is 6.07 Å². The van der Waals surface area contributed by atoms with Crippen molar-refractivity contribution in [2.24, 2.45) is 5.84 Å². The highest BCUT2D eigenvalue weighted by molar-refractivity contribution is 5.16. The number of methoxy groups -OCH3 is 1. The fourth-order valence-electron chi connectivity index (χ4n) is 0.879. The molecule has 0 amide bonds. The standard InChI is InChI=1S/C8H12N4O/c1-3-6(10-9)7-4-5-8(13-2)12-11-7/h3-6,10H,1,9H2,2H3. The van der Waals surface area contributed by atoms with E-state index in [2.05, 4.69) is 22.2 Å². The molecule has 0 spiro atoms. The second kappa shape index (κ2) is 4.54. The van der Waals surface area contributed by atoms with Crippen molar-refractivity contribution < 1.29 is 4.74 Å². The van der Waals surface area contributed by atoms with Gasteiger partial charge in [0.1, 0.15) is 0 Å². The first-order valence-corrected chi connectivity index (χ1v) is 3.78. The smallest absolute Gasteiger partial charge is 0.233 e. The van der Waals surface area contributed by atoms with Crippen molar-refractivity contribution >= 4 is 0 Å². The molecule has 0 aliphatic rings. The van der Waals surface area contributed by atoms with E-state index in [1.807, 2.05) is 0 Å². The van der Waals surface area contributed by atoms with Crippen LogP contribution >= 0.6 is 0 Å². The molecule has 0 aliphatic heterocycles. The molecule has 1 aromatic rings. The third-order valence-electron chi connectivity index (χ3n) is 1.60. The van der Waals surface area contributed by atoms with Gasteiger partial charge in [0.2, 0.25) is 5.88 Å². The maximum atomic E-state index is 5.27. The Bertz CT molecular complexity index is 272. The van der Waals surface area contributed by atoms with Crippen LogP contribution in [0.25, 0.3) is 0 Å². The fourth-order valence-corrected chi connectivity index (χ4v) is 0.879. The zero-order valence-corrected chi connectivity index (χ0v) is 7.40. The molecule has 0 saturated carbocycles. The van der Waals surface area contributed by atoms with Crippen molar-refractivity contribution in [1.29, 1.82) is 0 Å². The van der Waals surface area contributed by atoms with Crippen molar-refractivity contribution in [3.8, 4) is 5.88 Å². The molecule has 0 radical (unpaired) electrons. The zero-order chi connectivity index (χ0) is 9.68. The Morgan fingerprint density at radius 1 is 1.62 bits per heavy atom. The summed E-state index contributed by atoms with van der Waals surface area (Å²) in [5, 5.41) is 7.70. The van der Waals surface area contributed by atoms with Gasteiger partial charge < -0.3 is 4.74 Å². The van der Waals surface area contributed by atoms with E-state index in [1.54, 1.807) is 18.2 Å². The average molecular weight is 180 g/mol. The summed E-state index contributed by atoms with van der Waals surface area (Å²) < 4.78 is 4.87. The van der Waals surface area contributed by atoms with Crippen molar-refractivity contribution in [2.75, 3.05) is 7.11 Å². The van der Waals surface area contributed by atoms with Gasteiger partial charge in [-0.2, -0.15) is 0 Å². The molecule has 1 aromatic heterocycles. The summed E-state index contributed by atoms with van der Waals surface area (Å²) in [5.74, 6) is 5.74. The SMILES string of the molecule is C=CC(NN)c1ccc(OC)nn1. The molecule has 1 unspecified atom stereocenters. The Morgan fingerprint density at radius 3 is 2.77 bits per heavy atom. The van der Waals surface area contributed by atoms with Crippen LogP contribution in [0.3, 0.4) is 0 Å². The lowest BCUT2D eigenvalue weighted by atomic mass is 10.2. The molecule has 1 rings (SSSR count). The van der Waals surface area contributed by atoms with Crippen molar-refractivity contribution in [1.82, 2.24) is 15.6 Å². The second-order valence-corrected chi connectivity index (χ2v) is 2.38. The van der Waals surface area contributed by atoms with E-state index < -0.39 is 0 Å². The van der Waals surface area contributed by atoms with Gasteiger partial charge in [0.25, 0.3) is 0 Å². The van der Waals surface area contributed by atoms with Gasteiger partial charge in [-0.15, -0.1) is 16.8 Å². The topological polar surface area (TPSA) is 73.1 Å². The number of nitrogens with one attached hydrogen (secondary N) is 1. The highest BCUT2D eigenvalue weighted by Gasteiger charge is 2.06. The van der Waals surface area contributed by atoms with Crippen LogP contribution in [0.4, 0.5) is 0 Å². The highest BCUT2D eigenvalue weighted by atomic mass is 16.5. The number of hydrogen-bond donors (Lipinski definition) is 2. The van der Waals surface area contributed by atoms with Gasteiger partial charge in [0.15, 0.2) is 0 Å². The monoisotopic (exact) mass is 180 g/mol. The summed E-state index contributed by atoms with van der Waals surface area (Å²) in [6.07, 6.45) is 1.65. The lowest BCUT2D eigenvalue weighted by Crippen LogP contribution is -2.27. The number of hydrogen-bond acceptors (Lipinski definition) is 5. The van der Waals surface area contributed by atoms with E-state index >= 15 is 0 Å². The Morgan fingerprint density at radius 2 is 2.38 bits per heavy atom. The molecule has 13 heavy (non-hydrogen) atoms. The van der Waals surface area contributed by atoms with E-state index in [1.165, 1.54) is 7.11 Å². The molecule has 1 heterocycles. The van der Waals surface area contributed by atoms with E-state index in [0.29, 0.717) is 11.6 Å².